The summed E-state index contributed by atoms with van der Waals surface area (Å²) in [5, 5.41) is 9.13. The van der Waals surface area contributed by atoms with E-state index in [-0.39, 0.29) is 17.7 Å². The van der Waals surface area contributed by atoms with Gasteiger partial charge in [-0.05, 0) is 12.8 Å². The number of aliphatic carboxylic acids is 1. The number of carboxylic acids is 1. The number of hydrogen-bond acceptors (Lipinski definition) is 5. The summed E-state index contributed by atoms with van der Waals surface area (Å²) < 4.78 is 11.1. The zero-order valence-electron chi connectivity index (χ0n) is 13.2. The summed E-state index contributed by atoms with van der Waals surface area (Å²) in [5.41, 5.74) is 10.4. The van der Waals surface area contributed by atoms with E-state index in [0.717, 1.165) is 0 Å². The van der Waals surface area contributed by atoms with Crippen molar-refractivity contribution in [3.8, 4) is 0 Å². The van der Waals surface area contributed by atoms with Crippen LogP contribution in [0.25, 0.3) is 0 Å². The fraction of sp³-hybridized carbons (Fsp3) is 0.786. The maximum Gasteiger partial charge on any atom is 0.328 e. The van der Waals surface area contributed by atoms with Crippen molar-refractivity contribution in [2.45, 2.75) is 45.4 Å². The highest BCUT2D eigenvalue weighted by molar-refractivity contribution is 5.76. The van der Waals surface area contributed by atoms with Gasteiger partial charge in [-0.25, -0.2) is 4.79 Å². The highest BCUT2D eigenvalue weighted by Gasteiger charge is 2.27. The number of guanidine groups is 1. The molecule has 0 aromatic carbocycles. The van der Waals surface area contributed by atoms with Gasteiger partial charge >= 0.3 is 5.97 Å². The number of nitrogens with two attached hydrogens (primary N) is 2. The zero-order valence-corrected chi connectivity index (χ0v) is 13.2. The number of carbonyl (C=O) groups is 1. The van der Waals surface area contributed by atoms with Crippen LogP contribution in [0.4, 0.5) is 0 Å². The molecule has 8 nitrogen and oxygen atoms in total. The first-order chi connectivity index (χ1) is 10.3. The highest BCUT2D eigenvalue weighted by atomic mass is 16.7. The van der Waals surface area contributed by atoms with Crippen molar-refractivity contribution in [2.75, 3.05) is 19.8 Å². The molecule has 1 aliphatic rings. The number of hydrogen-bond donors (Lipinski definition) is 3. The summed E-state index contributed by atoms with van der Waals surface area (Å²) in [7, 11) is 0. The average Bonchev–Trinajstić information content (AvgIpc) is 2.42. The summed E-state index contributed by atoms with van der Waals surface area (Å²) in [6.45, 7) is 5.76. The van der Waals surface area contributed by atoms with Crippen LogP contribution in [-0.2, 0) is 14.3 Å². The minimum Gasteiger partial charge on any atom is -0.480 e. The first kappa shape index (κ1) is 18.4. The van der Waals surface area contributed by atoms with Crippen molar-refractivity contribution in [3.05, 3.63) is 0 Å². The SMILES string of the molecule is CC1(C)COC(CC=N[C@@H](CCCN=C(N)N)C(=O)O)OC1. The molecule has 0 bridgehead atoms. The molecular weight excluding hydrogens is 288 g/mol. The second-order valence-corrected chi connectivity index (χ2v) is 6.09. The van der Waals surface area contributed by atoms with Gasteiger partial charge in [-0.15, -0.1) is 0 Å². The quantitative estimate of drug-likeness (QED) is 0.336. The van der Waals surface area contributed by atoms with Crippen LogP contribution in [0.1, 0.15) is 33.1 Å². The van der Waals surface area contributed by atoms with E-state index in [9.17, 15) is 4.79 Å². The van der Waals surface area contributed by atoms with Gasteiger partial charge in [-0.3, -0.25) is 9.98 Å². The molecule has 1 aliphatic heterocycles. The van der Waals surface area contributed by atoms with Crippen molar-refractivity contribution < 1.29 is 19.4 Å². The molecule has 0 saturated carbocycles. The zero-order chi connectivity index (χ0) is 16.6. The van der Waals surface area contributed by atoms with Crippen molar-refractivity contribution in [2.24, 2.45) is 26.9 Å². The van der Waals surface area contributed by atoms with Gasteiger partial charge in [0.15, 0.2) is 12.2 Å². The Bertz CT molecular complexity index is 409. The van der Waals surface area contributed by atoms with Crippen molar-refractivity contribution in [1.29, 1.82) is 0 Å². The lowest BCUT2D eigenvalue weighted by Crippen LogP contribution is -2.37. The fourth-order valence-corrected chi connectivity index (χ4v) is 1.89. The van der Waals surface area contributed by atoms with Crippen molar-refractivity contribution >= 4 is 18.1 Å². The van der Waals surface area contributed by atoms with Gasteiger partial charge in [-0.2, -0.15) is 0 Å². The Morgan fingerprint density at radius 1 is 1.41 bits per heavy atom. The van der Waals surface area contributed by atoms with E-state index < -0.39 is 12.0 Å². The molecule has 126 valence electrons. The van der Waals surface area contributed by atoms with Crippen LogP contribution < -0.4 is 11.5 Å². The lowest BCUT2D eigenvalue weighted by atomic mass is 9.95. The van der Waals surface area contributed by atoms with Crippen molar-refractivity contribution in [1.82, 2.24) is 0 Å². The molecule has 0 aromatic heterocycles. The Hall–Kier alpha value is -1.67. The minimum atomic E-state index is -0.965. The number of carboxylic acid groups (broad SMARTS) is 1. The van der Waals surface area contributed by atoms with E-state index in [0.29, 0.717) is 39.0 Å². The van der Waals surface area contributed by atoms with E-state index in [1.165, 1.54) is 0 Å². The Morgan fingerprint density at radius 3 is 2.59 bits per heavy atom. The van der Waals surface area contributed by atoms with Gasteiger partial charge in [-0.1, -0.05) is 13.8 Å². The molecule has 5 N–H and O–H groups in total. The van der Waals surface area contributed by atoms with E-state index in [4.69, 9.17) is 26.0 Å². The van der Waals surface area contributed by atoms with E-state index in [1.807, 2.05) is 0 Å². The van der Waals surface area contributed by atoms with Gasteiger partial charge in [0.2, 0.25) is 0 Å². The predicted molar refractivity (Wildman–Crippen MR) is 83.9 cm³/mol. The molecule has 8 heteroatoms. The Morgan fingerprint density at radius 2 is 2.05 bits per heavy atom. The summed E-state index contributed by atoms with van der Waals surface area (Å²) in [6.07, 6.45) is 2.57. The van der Waals surface area contributed by atoms with Gasteiger partial charge in [0, 0.05) is 24.6 Å². The molecule has 0 aliphatic carbocycles. The van der Waals surface area contributed by atoms with Crippen LogP contribution in [0.5, 0.6) is 0 Å². The maximum absolute atomic E-state index is 11.1. The molecule has 1 rings (SSSR count). The Balaban J connectivity index is 2.33. The van der Waals surface area contributed by atoms with E-state index in [1.54, 1.807) is 6.21 Å². The molecule has 0 aromatic rings. The number of rotatable bonds is 8. The van der Waals surface area contributed by atoms with Crippen LogP contribution in [0.2, 0.25) is 0 Å². The molecule has 0 amide bonds. The topological polar surface area (TPSA) is 133 Å². The number of ether oxygens (including phenoxy) is 2. The molecule has 22 heavy (non-hydrogen) atoms. The number of nitrogens with zero attached hydrogens (tertiary/aromatic N) is 2. The highest BCUT2D eigenvalue weighted by Crippen LogP contribution is 2.23. The van der Waals surface area contributed by atoms with Crippen molar-refractivity contribution in [3.63, 3.8) is 0 Å². The lowest BCUT2D eigenvalue weighted by molar-refractivity contribution is -0.217. The monoisotopic (exact) mass is 314 g/mol. The summed E-state index contributed by atoms with van der Waals surface area (Å²) >= 11 is 0. The van der Waals surface area contributed by atoms with Gasteiger partial charge < -0.3 is 26.0 Å². The Kier molecular flexibility index (Phi) is 7.26. The lowest BCUT2D eigenvalue weighted by Gasteiger charge is -2.34. The average molecular weight is 314 g/mol. The van der Waals surface area contributed by atoms with E-state index in [2.05, 4.69) is 23.8 Å². The van der Waals surface area contributed by atoms with Gasteiger partial charge in [0.25, 0.3) is 0 Å². The van der Waals surface area contributed by atoms with Crippen LogP contribution in [0, 0.1) is 5.41 Å². The second-order valence-electron chi connectivity index (χ2n) is 6.09. The normalized spacial score (nSPS) is 19.9. The first-order valence-corrected chi connectivity index (χ1v) is 7.33. The molecule has 1 heterocycles. The molecule has 1 saturated heterocycles. The fourth-order valence-electron chi connectivity index (χ4n) is 1.89. The van der Waals surface area contributed by atoms with Crippen LogP contribution >= 0.6 is 0 Å². The summed E-state index contributed by atoms with van der Waals surface area (Å²) in [6, 6.07) is -0.797. The minimum absolute atomic E-state index is 0.00453. The molecular formula is C14H26N4O4. The maximum atomic E-state index is 11.1. The third kappa shape index (κ3) is 7.37. The molecule has 1 fully saturated rings. The van der Waals surface area contributed by atoms with Crippen LogP contribution in [0.3, 0.4) is 0 Å². The number of aliphatic imine (C=N–C) groups is 2. The third-order valence-electron chi connectivity index (χ3n) is 3.12. The summed E-state index contributed by atoms with van der Waals surface area (Å²) in [4.78, 5) is 19.0. The van der Waals surface area contributed by atoms with Gasteiger partial charge in [0.1, 0.15) is 6.04 Å². The molecule has 0 spiro atoms. The third-order valence-corrected chi connectivity index (χ3v) is 3.12. The molecule has 0 radical (unpaired) electrons. The molecule has 1 atom stereocenters. The van der Waals surface area contributed by atoms with Crippen LogP contribution in [0.15, 0.2) is 9.98 Å². The van der Waals surface area contributed by atoms with Crippen LogP contribution in [-0.4, -0.2) is 55.3 Å². The van der Waals surface area contributed by atoms with E-state index >= 15 is 0 Å². The summed E-state index contributed by atoms with van der Waals surface area (Å²) in [5.74, 6) is -0.961. The largest absolute Gasteiger partial charge is 0.480 e. The standard InChI is InChI=1S/C14H26N4O4/c1-14(2)8-21-11(22-9-14)5-7-17-10(12(19)20)4-3-6-18-13(15)16/h7,10-11H,3-6,8-9H2,1-2H3,(H,19,20)(H4,15,16,18)/t10-/m0/s1. The van der Waals surface area contributed by atoms with Gasteiger partial charge in [0.05, 0.1) is 13.2 Å². The molecule has 0 unspecified atom stereocenters. The first-order valence-electron chi connectivity index (χ1n) is 7.33. The predicted octanol–water partition coefficient (Wildman–Crippen LogP) is 0.353. The Labute approximate surface area is 130 Å². The smallest absolute Gasteiger partial charge is 0.328 e. The second kappa shape index (κ2) is 8.70.